The van der Waals surface area contributed by atoms with Gasteiger partial charge in [0.15, 0.2) is 5.76 Å². The Bertz CT molecular complexity index is 1140. The lowest BCUT2D eigenvalue weighted by atomic mass is 9.93. The number of nitrogens with one attached hydrogen (secondary N) is 2. The zero-order valence-electron chi connectivity index (χ0n) is 16.9. The average Bonchev–Trinajstić information content (AvgIpc) is 3.14. The molecule has 4 rings (SSSR count). The molecule has 0 bridgehead atoms. The number of halogens is 1. The van der Waals surface area contributed by atoms with E-state index in [9.17, 15) is 9.59 Å². The number of aromatic nitrogens is 1. The Kier molecular flexibility index (Phi) is 6.13. The highest BCUT2D eigenvalue weighted by atomic mass is 35.5. The monoisotopic (exact) mass is 436 g/mol. The molecule has 0 radical (unpaired) electrons. The highest BCUT2D eigenvalue weighted by Gasteiger charge is 2.28. The van der Waals surface area contributed by atoms with Crippen LogP contribution in [0.25, 0.3) is 0 Å². The van der Waals surface area contributed by atoms with Gasteiger partial charge in [-0.05, 0) is 55.7 Å². The fourth-order valence-electron chi connectivity index (χ4n) is 3.55. The molecule has 8 heteroatoms. The van der Waals surface area contributed by atoms with Crippen LogP contribution >= 0.6 is 11.6 Å². The molecule has 2 amide bonds. The van der Waals surface area contributed by atoms with Gasteiger partial charge in [0.1, 0.15) is 5.76 Å². The van der Waals surface area contributed by atoms with Gasteiger partial charge in [-0.3, -0.25) is 14.6 Å². The van der Waals surface area contributed by atoms with Crippen LogP contribution in [0.15, 0.2) is 58.3 Å². The lowest BCUT2D eigenvalue weighted by molar-refractivity contribution is 0.0919. The molecule has 0 unspecified atom stereocenters. The second kappa shape index (κ2) is 9.14. The average molecular weight is 437 g/mol. The largest absolute Gasteiger partial charge is 0.455 e. The van der Waals surface area contributed by atoms with Crippen molar-refractivity contribution in [2.24, 2.45) is 5.10 Å². The van der Waals surface area contributed by atoms with Crippen molar-refractivity contribution in [1.29, 1.82) is 0 Å². The number of benzene rings is 1. The predicted molar refractivity (Wildman–Crippen MR) is 117 cm³/mol. The Hall–Kier alpha value is -3.45. The second-order valence-corrected chi connectivity index (χ2v) is 7.69. The SMILES string of the molecule is Cc1c(C(=O)NCc2cccnc2)oc2c1/C(=N/NC(=O)c1ccc(Cl)cc1)CCC2. The fraction of sp³-hybridized carbons (Fsp3) is 0.217. The maximum absolute atomic E-state index is 12.7. The third kappa shape index (κ3) is 4.67. The van der Waals surface area contributed by atoms with E-state index in [1.165, 1.54) is 0 Å². The number of furan rings is 1. The first-order chi connectivity index (χ1) is 15.0. The Labute approximate surface area is 184 Å². The van der Waals surface area contributed by atoms with Crippen LogP contribution in [0.3, 0.4) is 0 Å². The molecular formula is C23H21ClN4O3. The van der Waals surface area contributed by atoms with Crippen molar-refractivity contribution in [3.63, 3.8) is 0 Å². The van der Waals surface area contributed by atoms with Gasteiger partial charge in [-0.1, -0.05) is 17.7 Å². The number of hydrazone groups is 1. The number of rotatable bonds is 5. The number of aryl methyl sites for hydroxylation is 1. The third-order valence-electron chi connectivity index (χ3n) is 5.11. The molecule has 0 atom stereocenters. The summed E-state index contributed by atoms with van der Waals surface area (Å²) in [6.07, 6.45) is 5.62. The van der Waals surface area contributed by atoms with Gasteiger partial charge in [-0.25, -0.2) is 5.43 Å². The highest BCUT2D eigenvalue weighted by Crippen LogP contribution is 2.30. The van der Waals surface area contributed by atoms with Crippen molar-refractivity contribution in [2.75, 3.05) is 0 Å². The first kappa shape index (κ1) is 20.8. The van der Waals surface area contributed by atoms with Crippen molar-refractivity contribution < 1.29 is 14.0 Å². The maximum atomic E-state index is 12.7. The molecule has 0 fully saturated rings. The zero-order valence-corrected chi connectivity index (χ0v) is 17.7. The number of hydrogen-bond acceptors (Lipinski definition) is 5. The van der Waals surface area contributed by atoms with Crippen LogP contribution in [0, 0.1) is 6.92 Å². The summed E-state index contributed by atoms with van der Waals surface area (Å²) in [7, 11) is 0. The summed E-state index contributed by atoms with van der Waals surface area (Å²) in [6, 6.07) is 10.3. The van der Waals surface area contributed by atoms with Gasteiger partial charge in [0, 0.05) is 47.1 Å². The number of hydrogen-bond donors (Lipinski definition) is 2. The smallest absolute Gasteiger partial charge is 0.287 e. The van der Waals surface area contributed by atoms with Crippen molar-refractivity contribution in [1.82, 2.24) is 15.7 Å². The van der Waals surface area contributed by atoms with E-state index < -0.39 is 0 Å². The van der Waals surface area contributed by atoms with E-state index in [4.69, 9.17) is 16.0 Å². The van der Waals surface area contributed by atoms with Gasteiger partial charge in [-0.15, -0.1) is 0 Å². The Balaban J connectivity index is 1.51. The van der Waals surface area contributed by atoms with Crippen molar-refractivity contribution in [2.45, 2.75) is 32.7 Å². The molecule has 2 N–H and O–H groups in total. The number of nitrogens with zero attached hydrogens (tertiary/aromatic N) is 2. The molecule has 2 aromatic heterocycles. The van der Waals surface area contributed by atoms with E-state index in [-0.39, 0.29) is 17.6 Å². The molecule has 0 saturated carbocycles. The van der Waals surface area contributed by atoms with Crippen LogP contribution in [-0.2, 0) is 13.0 Å². The molecule has 1 aliphatic rings. The molecular weight excluding hydrogens is 416 g/mol. The summed E-state index contributed by atoms with van der Waals surface area (Å²) in [5.74, 6) is 0.370. The van der Waals surface area contributed by atoms with E-state index in [0.717, 1.165) is 35.3 Å². The summed E-state index contributed by atoms with van der Waals surface area (Å²) < 4.78 is 5.89. The van der Waals surface area contributed by atoms with Crippen molar-refractivity contribution in [3.8, 4) is 0 Å². The molecule has 2 heterocycles. The molecule has 1 aliphatic carbocycles. The number of carbonyl (C=O) groups excluding carboxylic acids is 2. The number of carbonyl (C=O) groups is 2. The predicted octanol–water partition coefficient (Wildman–Crippen LogP) is 4.04. The first-order valence-electron chi connectivity index (χ1n) is 9.95. The Morgan fingerprint density at radius 2 is 1.97 bits per heavy atom. The molecule has 31 heavy (non-hydrogen) atoms. The zero-order chi connectivity index (χ0) is 21.8. The van der Waals surface area contributed by atoms with E-state index >= 15 is 0 Å². The summed E-state index contributed by atoms with van der Waals surface area (Å²) in [4.78, 5) is 29.1. The van der Waals surface area contributed by atoms with E-state index in [0.29, 0.717) is 29.3 Å². The van der Waals surface area contributed by atoms with Crippen LogP contribution in [0.1, 0.15) is 56.2 Å². The van der Waals surface area contributed by atoms with Crippen molar-refractivity contribution in [3.05, 3.63) is 87.6 Å². The van der Waals surface area contributed by atoms with Crippen LogP contribution in [0.5, 0.6) is 0 Å². The topological polar surface area (TPSA) is 96.6 Å². The standard InChI is InChI=1S/C23H21ClN4O3/c1-14-20-18(27-28-22(29)16-7-9-17(24)10-8-16)5-2-6-19(20)31-21(14)23(30)26-13-15-4-3-11-25-12-15/h3-4,7-12H,2,5-6,13H2,1H3,(H,26,30)(H,28,29)/b27-18+. The first-order valence-corrected chi connectivity index (χ1v) is 10.3. The summed E-state index contributed by atoms with van der Waals surface area (Å²) in [5, 5.41) is 7.76. The van der Waals surface area contributed by atoms with Gasteiger partial charge in [-0.2, -0.15) is 5.10 Å². The van der Waals surface area contributed by atoms with Gasteiger partial charge in [0.2, 0.25) is 0 Å². The second-order valence-electron chi connectivity index (χ2n) is 7.26. The Morgan fingerprint density at radius 1 is 1.16 bits per heavy atom. The number of pyridine rings is 1. The third-order valence-corrected chi connectivity index (χ3v) is 5.36. The molecule has 7 nitrogen and oxygen atoms in total. The fourth-order valence-corrected chi connectivity index (χ4v) is 3.67. The van der Waals surface area contributed by atoms with Crippen LogP contribution in [-0.4, -0.2) is 22.5 Å². The normalized spacial score (nSPS) is 14.2. The minimum atomic E-state index is -0.327. The summed E-state index contributed by atoms with van der Waals surface area (Å²) in [6.45, 7) is 2.19. The molecule has 1 aromatic carbocycles. The van der Waals surface area contributed by atoms with Crippen molar-refractivity contribution >= 4 is 29.1 Å². The summed E-state index contributed by atoms with van der Waals surface area (Å²) >= 11 is 5.87. The highest BCUT2D eigenvalue weighted by molar-refractivity contribution is 6.30. The van der Waals surface area contributed by atoms with Gasteiger partial charge in [0.05, 0.1) is 5.71 Å². The van der Waals surface area contributed by atoms with Gasteiger partial charge in [0.25, 0.3) is 11.8 Å². The summed E-state index contributed by atoms with van der Waals surface area (Å²) in [5.41, 5.74) is 6.19. The molecule has 0 aliphatic heterocycles. The minimum absolute atomic E-state index is 0.271. The Morgan fingerprint density at radius 3 is 2.71 bits per heavy atom. The van der Waals surface area contributed by atoms with Crippen LogP contribution in [0.2, 0.25) is 5.02 Å². The maximum Gasteiger partial charge on any atom is 0.287 e. The molecule has 0 saturated heterocycles. The molecule has 0 spiro atoms. The van der Waals surface area contributed by atoms with Gasteiger partial charge >= 0.3 is 0 Å². The molecule has 158 valence electrons. The van der Waals surface area contributed by atoms with E-state index in [2.05, 4.69) is 20.8 Å². The van der Waals surface area contributed by atoms with E-state index in [1.54, 1.807) is 36.7 Å². The lowest BCUT2D eigenvalue weighted by Gasteiger charge is -2.13. The number of fused-ring (bicyclic) bond motifs is 1. The van der Waals surface area contributed by atoms with E-state index in [1.807, 2.05) is 19.1 Å². The molecule has 3 aromatic rings. The van der Waals surface area contributed by atoms with Gasteiger partial charge < -0.3 is 9.73 Å². The van der Waals surface area contributed by atoms with Crippen LogP contribution < -0.4 is 10.7 Å². The number of amides is 2. The van der Waals surface area contributed by atoms with Crippen LogP contribution in [0.4, 0.5) is 0 Å². The lowest BCUT2D eigenvalue weighted by Crippen LogP contribution is -2.23. The minimum Gasteiger partial charge on any atom is -0.455 e. The quantitative estimate of drug-likeness (QED) is 0.590.